The van der Waals surface area contributed by atoms with Gasteiger partial charge in [-0.2, -0.15) is 0 Å². The third-order valence-electron chi connectivity index (χ3n) is 2.66. The standard InChI is InChI=1S/C9H15NO4/c1-9(7(11)13-2)5-4-6-10(9)8(12)14-3/h4-6H2,1-3H3/t9-/m0/s1. The number of hydrogen-bond acceptors (Lipinski definition) is 4. The summed E-state index contributed by atoms with van der Waals surface area (Å²) in [5.74, 6) is -0.389. The van der Waals surface area contributed by atoms with Gasteiger partial charge in [0, 0.05) is 6.54 Å². The van der Waals surface area contributed by atoms with E-state index in [2.05, 4.69) is 9.47 Å². The predicted molar refractivity (Wildman–Crippen MR) is 48.8 cm³/mol. The van der Waals surface area contributed by atoms with Crippen LogP contribution in [-0.4, -0.2) is 43.3 Å². The Kier molecular flexibility index (Phi) is 2.98. The lowest BCUT2D eigenvalue weighted by molar-refractivity contribution is -0.151. The molecule has 0 spiro atoms. The van der Waals surface area contributed by atoms with Crippen molar-refractivity contribution in [3.63, 3.8) is 0 Å². The van der Waals surface area contributed by atoms with Crippen LogP contribution < -0.4 is 0 Å². The van der Waals surface area contributed by atoms with E-state index in [9.17, 15) is 9.59 Å². The lowest BCUT2D eigenvalue weighted by Crippen LogP contribution is -2.51. The monoisotopic (exact) mass is 201 g/mol. The van der Waals surface area contributed by atoms with Crippen molar-refractivity contribution in [3.8, 4) is 0 Å². The van der Waals surface area contributed by atoms with E-state index < -0.39 is 11.6 Å². The van der Waals surface area contributed by atoms with Crippen molar-refractivity contribution >= 4 is 12.1 Å². The minimum absolute atomic E-state index is 0.389. The molecule has 0 aliphatic carbocycles. The maximum atomic E-state index is 11.5. The largest absolute Gasteiger partial charge is 0.467 e. The van der Waals surface area contributed by atoms with Gasteiger partial charge in [-0.15, -0.1) is 0 Å². The van der Waals surface area contributed by atoms with Gasteiger partial charge in [0.25, 0.3) is 0 Å². The molecule has 0 aromatic rings. The van der Waals surface area contributed by atoms with E-state index >= 15 is 0 Å². The highest BCUT2D eigenvalue weighted by Crippen LogP contribution is 2.30. The zero-order valence-electron chi connectivity index (χ0n) is 8.70. The molecule has 0 saturated carbocycles. The van der Waals surface area contributed by atoms with Gasteiger partial charge in [-0.25, -0.2) is 9.59 Å². The molecule has 1 rings (SSSR count). The maximum Gasteiger partial charge on any atom is 0.410 e. The molecule has 5 heteroatoms. The van der Waals surface area contributed by atoms with Crippen molar-refractivity contribution in [2.75, 3.05) is 20.8 Å². The molecule has 1 amide bonds. The third kappa shape index (κ3) is 1.54. The second-order valence-electron chi connectivity index (χ2n) is 3.49. The number of rotatable bonds is 1. The lowest BCUT2D eigenvalue weighted by Gasteiger charge is -2.30. The van der Waals surface area contributed by atoms with Crippen LogP contribution in [0.25, 0.3) is 0 Å². The first-order valence-electron chi connectivity index (χ1n) is 4.50. The van der Waals surface area contributed by atoms with E-state index in [-0.39, 0.29) is 5.97 Å². The average Bonchev–Trinajstić information content (AvgIpc) is 2.59. The number of carbonyl (C=O) groups excluding carboxylic acids is 2. The Bertz CT molecular complexity index is 253. The summed E-state index contributed by atoms with van der Waals surface area (Å²) in [6.45, 7) is 2.24. The molecule has 0 aromatic heterocycles. The summed E-state index contributed by atoms with van der Waals surface area (Å²) in [6, 6.07) is 0. The smallest absolute Gasteiger partial charge is 0.410 e. The first-order chi connectivity index (χ1) is 6.56. The molecule has 0 N–H and O–H groups in total. The molecular formula is C9H15NO4. The Morgan fingerprint density at radius 1 is 1.29 bits per heavy atom. The Morgan fingerprint density at radius 3 is 2.43 bits per heavy atom. The molecule has 0 unspecified atom stereocenters. The summed E-state index contributed by atoms with van der Waals surface area (Å²) in [7, 11) is 2.62. The van der Waals surface area contributed by atoms with Gasteiger partial charge >= 0.3 is 12.1 Å². The minimum Gasteiger partial charge on any atom is -0.467 e. The fourth-order valence-corrected chi connectivity index (χ4v) is 1.80. The molecule has 1 aliphatic rings. The van der Waals surface area contributed by atoms with Crippen LogP contribution in [0, 0.1) is 0 Å². The van der Waals surface area contributed by atoms with Gasteiger partial charge in [0.2, 0.25) is 0 Å². The highest BCUT2D eigenvalue weighted by Gasteiger charge is 2.47. The number of nitrogens with zero attached hydrogens (tertiary/aromatic N) is 1. The van der Waals surface area contributed by atoms with Crippen LogP contribution in [0.3, 0.4) is 0 Å². The van der Waals surface area contributed by atoms with Gasteiger partial charge in [0.05, 0.1) is 14.2 Å². The van der Waals surface area contributed by atoms with Gasteiger partial charge in [-0.1, -0.05) is 0 Å². The van der Waals surface area contributed by atoms with Crippen LogP contribution in [0.2, 0.25) is 0 Å². The SMILES string of the molecule is COC(=O)N1CCC[C@@]1(C)C(=O)OC. The molecular weight excluding hydrogens is 186 g/mol. The Labute approximate surface area is 83.0 Å². The molecule has 1 saturated heterocycles. The summed E-state index contributed by atoms with van der Waals surface area (Å²) >= 11 is 0. The average molecular weight is 201 g/mol. The number of esters is 1. The second kappa shape index (κ2) is 3.86. The van der Waals surface area contributed by atoms with Gasteiger partial charge in [0.15, 0.2) is 0 Å². The molecule has 14 heavy (non-hydrogen) atoms. The van der Waals surface area contributed by atoms with Gasteiger partial charge < -0.3 is 9.47 Å². The van der Waals surface area contributed by atoms with Crippen LogP contribution in [0.4, 0.5) is 4.79 Å². The van der Waals surface area contributed by atoms with E-state index in [1.165, 1.54) is 19.1 Å². The number of amides is 1. The molecule has 0 bridgehead atoms. The topological polar surface area (TPSA) is 55.8 Å². The Hall–Kier alpha value is -1.26. The summed E-state index contributed by atoms with van der Waals surface area (Å²) in [4.78, 5) is 24.3. The zero-order valence-corrected chi connectivity index (χ0v) is 8.70. The van der Waals surface area contributed by atoms with Crippen molar-refractivity contribution in [2.45, 2.75) is 25.3 Å². The van der Waals surface area contributed by atoms with Crippen LogP contribution in [0.15, 0.2) is 0 Å². The highest BCUT2D eigenvalue weighted by molar-refractivity contribution is 5.85. The molecule has 5 nitrogen and oxygen atoms in total. The minimum atomic E-state index is -0.859. The van der Waals surface area contributed by atoms with E-state index in [4.69, 9.17) is 0 Å². The zero-order chi connectivity index (χ0) is 10.8. The summed E-state index contributed by atoms with van der Waals surface area (Å²) < 4.78 is 9.28. The van der Waals surface area contributed by atoms with Crippen LogP contribution in [-0.2, 0) is 14.3 Å². The predicted octanol–water partition coefficient (Wildman–Crippen LogP) is 0.780. The van der Waals surface area contributed by atoms with Crippen LogP contribution in [0.5, 0.6) is 0 Å². The first-order valence-corrected chi connectivity index (χ1v) is 4.50. The van der Waals surface area contributed by atoms with E-state index in [1.54, 1.807) is 6.92 Å². The van der Waals surface area contributed by atoms with Crippen molar-refractivity contribution in [3.05, 3.63) is 0 Å². The summed E-state index contributed by atoms with van der Waals surface area (Å²) in [5, 5.41) is 0. The normalized spacial score (nSPS) is 26.1. The van der Waals surface area contributed by atoms with Gasteiger partial charge in [-0.3, -0.25) is 4.90 Å². The fraction of sp³-hybridized carbons (Fsp3) is 0.778. The molecule has 1 heterocycles. The lowest BCUT2D eigenvalue weighted by atomic mass is 10.00. The summed E-state index contributed by atoms with van der Waals surface area (Å²) in [6.07, 6.45) is 0.936. The van der Waals surface area contributed by atoms with Crippen molar-refractivity contribution in [2.24, 2.45) is 0 Å². The fourth-order valence-electron chi connectivity index (χ4n) is 1.80. The van der Waals surface area contributed by atoms with Crippen LogP contribution >= 0.6 is 0 Å². The van der Waals surface area contributed by atoms with Crippen molar-refractivity contribution < 1.29 is 19.1 Å². The van der Waals surface area contributed by atoms with E-state index in [1.807, 2.05) is 0 Å². The van der Waals surface area contributed by atoms with E-state index in [0.29, 0.717) is 13.0 Å². The molecule has 0 aromatic carbocycles. The molecule has 1 fully saturated rings. The van der Waals surface area contributed by atoms with Gasteiger partial charge in [0.1, 0.15) is 5.54 Å². The van der Waals surface area contributed by atoms with Crippen molar-refractivity contribution in [1.82, 2.24) is 4.90 Å². The summed E-state index contributed by atoms with van der Waals surface area (Å²) in [5.41, 5.74) is -0.859. The second-order valence-corrected chi connectivity index (χ2v) is 3.49. The van der Waals surface area contributed by atoms with Crippen LogP contribution in [0.1, 0.15) is 19.8 Å². The van der Waals surface area contributed by atoms with Gasteiger partial charge in [-0.05, 0) is 19.8 Å². The number of carbonyl (C=O) groups is 2. The Balaban J connectivity index is 2.86. The number of ether oxygens (including phenoxy) is 2. The van der Waals surface area contributed by atoms with E-state index in [0.717, 1.165) is 6.42 Å². The Morgan fingerprint density at radius 2 is 1.93 bits per heavy atom. The molecule has 0 radical (unpaired) electrons. The quantitative estimate of drug-likeness (QED) is 0.588. The highest BCUT2D eigenvalue weighted by atomic mass is 16.5. The number of likely N-dealkylation sites (tertiary alicyclic amines) is 1. The molecule has 1 atom stereocenters. The molecule has 1 aliphatic heterocycles. The maximum absolute atomic E-state index is 11.5. The van der Waals surface area contributed by atoms with Crippen molar-refractivity contribution in [1.29, 1.82) is 0 Å². The molecule has 80 valence electrons. The third-order valence-corrected chi connectivity index (χ3v) is 2.66. The number of methoxy groups -OCH3 is 2. The number of hydrogen-bond donors (Lipinski definition) is 0. The first kappa shape index (κ1) is 10.8.